The Morgan fingerprint density at radius 2 is 1.89 bits per heavy atom. The third-order valence-corrected chi connectivity index (χ3v) is 4.65. The number of benzene rings is 2. The highest BCUT2D eigenvalue weighted by Crippen LogP contribution is 2.16. The minimum Gasteiger partial charge on any atom is -0.340 e. The van der Waals surface area contributed by atoms with Gasteiger partial charge in [-0.3, -0.25) is 19.7 Å². The standard InChI is InChI=1S/C19H21N3O4S/c1-21(15-8-4-3-5-9-15)19(24)17(11-12-27-2)20-18(23)14-7-6-10-16(13-14)22(25)26/h3-10,13,17H,11-12H2,1-2H3,(H,20,23)/t17-/m1/s1. The van der Waals surface area contributed by atoms with E-state index in [0.29, 0.717) is 12.2 Å². The van der Waals surface area contributed by atoms with Crippen LogP contribution in [0.5, 0.6) is 0 Å². The van der Waals surface area contributed by atoms with Crippen LogP contribution in [0.15, 0.2) is 54.6 Å². The van der Waals surface area contributed by atoms with E-state index < -0.39 is 16.9 Å². The monoisotopic (exact) mass is 387 g/mol. The quantitative estimate of drug-likeness (QED) is 0.555. The summed E-state index contributed by atoms with van der Waals surface area (Å²) in [6.45, 7) is 0. The molecule has 2 rings (SSSR count). The number of likely N-dealkylation sites (N-methyl/N-ethyl adjacent to an activating group) is 1. The maximum atomic E-state index is 12.9. The van der Waals surface area contributed by atoms with Gasteiger partial charge in [0.15, 0.2) is 0 Å². The van der Waals surface area contributed by atoms with Gasteiger partial charge in [-0.15, -0.1) is 0 Å². The second-order valence-corrected chi connectivity index (χ2v) is 6.83. The van der Waals surface area contributed by atoms with Gasteiger partial charge in [-0.25, -0.2) is 0 Å². The predicted molar refractivity (Wildman–Crippen MR) is 107 cm³/mol. The second-order valence-electron chi connectivity index (χ2n) is 5.85. The topological polar surface area (TPSA) is 92.5 Å². The molecule has 0 unspecified atom stereocenters. The number of hydrogen-bond donors (Lipinski definition) is 1. The number of rotatable bonds is 8. The molecule has 0 aromatic heterocycles. The van der Waals surface area contributed by atoms with Gasteiger partial charge in [-0.1, -0.05) is 24.3 Å². The number of hydrogen-bond acceptors (Lipinski definition) is 5. The van der Waals surface area contributed by atoms with Crippen LogP contribution in [0, 0.1) is 10.1 Å². The third kappa shape index (κ3) is 5.55. The predicted octanol–water partition coefficient (Wildman–Crippen LogP) is 3.11. The Balaban J connectivity index is 2.18. The van der Waals surface area contributed by atoms with Crippen LogP contribution >= 0.6 is 11.8 Å². The van der Waals surface area contributed by atoms with Crippen molar-refractivity contribution in [3.8, 4) is 0 Å². The number of nitro benzene ring substituents is 1. The van der Waals surface area contributed by atoms with Crippen molar-refractivity contribution in [1.82, 2.24) is 5.32 Å². The van der Waals surface area contributed by atoms with Crippen LogP contribution in [0.25, 0.3) is 0 Å². The fraction of sp³-hybridized carbons (Fsp3) is 0.263. The van der Waals surface area contributed by atoms with Gasteiger partial charge in [0, 0.05) is 30.4 Å². The molecule has 0 bridgehead atoms. The maximum absolute atomic E-state index is 12.9. The Morgan fingerprint density at radius 1 is 1.19 bits per heavy atom. The zero-order valence-corrected chi connectivity index (χ0v) is 15.9. The molecule has 0 aliphatic carbocycles. The van der Waals surface area contributed by atoms with E-state index in [9.17, 15) is 19.7 Å². The second kappa shape index (κ2) is 9.72. The van der Waals surface area contributed by atoms with Crippen LogP contribution < -0.4 is 10.2 Å². The molecule has 2 aromatic carbocycles. The van der Waals surface area contributed by atoms with Crippen LogP contribution in [-0.2, 0) is 4.79 Å². The molecular formula is C19H21N3O4S. The highest BCUT2D eigenvalue weighted by molar-refractivity contribution is 7.98. The highest BCUT2D eigenvalue weighted by atomic mass is 32.2. The molecule has 142 valence electrons. The summed E-state index contributed by atoms with van der Waals surface area (Å²) >= 11 is 1.57. The summed E-state index contributed by atoms with van der Waals surface area (Å²) in [5.41, 5.74) is 0.700. The average Bonchev–Trinajstić information content (AvgIpc) is 2.70. The summed E-state index contributed by atoms with van der Waals surface area (Å²) in [7, 11) is 1.66. The summed E-state index contributed by atoms with van der Waals surface area (Å²) < 4.78 is 0. The van der Waals surface area contributed by atoms with Gasteiger partial charge in [-0.2, -0.15) is 11.8 Å². The van der Waals surface area contributed by atoms with Gasteiger partial charge >= 0.3 is 0 Å². The molecule has 27 heavy (non-hydrogen) atoms. The fourth-order valence-corrected chi connectivity index (χ4v) is 2.98. The molecule has 0 spiro atoms. The first kappa shape index (κ1) is 20.4. The van der Waals surface area contributed by atoms with E-state index in [1.165, 1.54) is 29.2 Å². The summed E-state index contributed by atoms with van der Waals surface area (Å²) in [4.78, 5) is 37.3. The van der Waals surface area contributed by atoms with Crippen molar-refractivity contribution in [1.29, 1.82) is 0 Å². The molecule has 0 saturated carbocycles. The van der Waals surface area contributed by atoms with Crippen molar-refractivity contribution in [2.24, 2.45) is 0 Å². The molecule has 2 aromatic rings. The van der Waals surface area contributed by atoms with Crippen LogP contribution in [0.3, 0.4) is 0 Å². The molecule has 0 aliphatic heterocycles. The fourth-order valence-electron chi connectivity index (χ4n) is 2.51. The number of nitrogens with zero attached hydrogens (tertiary/aromatic N) is 2. The molecule has 1 atom stereocenters. The molecule has 2 amide bonds. The number of carbonyl (C=O) groups is 2. The lowest BCUT2D eigenvalue weighted by Gasteiger charge is -2.24. The SMILES string of the molecule is CSCC[C@@H](NC(=O)c1cccc([N+](=O)[O-])c1)C(=O)N(C)c1ccccc1. The molecule has 8 heteroatoms. The third-order valence-electron chi connectivity index (χ3n) is 4.01. The van der Waals surface area contributed by atoms with Crippen LogP contribution in [-0.4, -0.2) is 41.8 Å². The zero-order chi connectivity index (χ0) is 19.8. The van der Waals surface area contributed by atoms with E-state index in [4.69, 9.17) is 0 Å². The number of nitrogens with one attached hydrogen (secondary N) is 1. The van der Waals surface area contributed by atoms with Gasteiger partial charge in [0.2, 0.25) is 5.91 Å². The van der Waals surface area contributed by atoms with E-state index in [-0.39, 0.29) is 17.2 Å². The lowest BCUT2D eigenvalue weighted by atomic mass is 10.1. The number of nitro groups is 1. The maximum Gasteiger partial charge on any atom is 0.270 e. The van der Waals surface area contributed by atoms with Crippen LogP contribution in [0.4, 0.5) is 11.4 Å². The van der Waals surface area contributed by atoms with Crippen molar-refractivity contribution >= 4 is 35.0 Å². The van der Waals surface area contributed by atoms with E-state index >= 15 is 0 Å². The molecule has 0 saturated heterocycles. The Hall–Kier alpha value is -2.87. The van der Waals surface area contributed by atoms with E-state index in [1.54, 1.807) is 18.8 Å². The van der Waals surface area contributed by atoms with Crippen molar-refractivity contribution in [2.75, 3.05) is 24.0 Å². The Bertz CT molecular complexity index is 814. The van der Waals surface area contributed by atoms with E-state index in [2.05, 4.69) is 5.32 Å². The molecule has 0 fully saturated rings. The largest absolute Gasteiger partial charge is 0.340 e. The summed E-state index contributed by atoms with van der Waals surface area (Å²) in [5, 5.41) is 13.6. The first-order valence-electron chi connectivity index (χ1n) is 8.31. The van der Waals surface area contributed by atoms with E-state index in [0.717, 1.165) is 5.69 Å². The van der Waals surface area contributed by atoms with Gasteiger partial charge in [0.1, 0.15) is 6.04 Å². The average molecular weight is 387 g/mol. The number of non-ortho nitro benzene ring substituents is 1. The smallest absolute Gasteiger partial charge is 0.270 e. The molecule has 0 radical (unpaired) electrons. The Morgan fingerprint density at radius 3 is 2.52 bits per heavy atom. The van der Waals surface area contributed by atoms with Crippen molar-refractivity contribution in [3.05, 3.63) is 70.3 Å². The van der Waals surface area contributed by atoms with E-state index in [1.807, 2.05) is 36.6 Å². The van der Waals surface area contributed by atoms with Crippen molar-refractivity contribution < 1.29 is 14.5 Å². The molecule has 7 nitrogen and oxygen atoms in total. The number of para-hydroxylation sites is 1. The number of thioether (sulfide) groups is 1. The number of amides is 2. The minimum atomic E-state index is -0.727. The minimum absolute atomic E-state index is 0.147. The molecule has 0 heterocycles. The number of anilines is 1. The normalized spacial score (nSPS) is 11.5. The van der Waals surface area contributed by atoms with Crippen molar-refractivity contribution in [3.63, 3.8) is 0 Å². The molecular weight excluding hydrogens is 366 g/mol. The Labute approximate surface area is 161 Å². The molecule has 1 N–H and O–H groups in total. The van der Waals surface area contributed by atoms with Gasteiger partial charge < -0.3 is 10.2 Å². The highest BCUT2D eigenvalue weighted by Gasteiger charge is 2.25. The van der Waals surface area contributed by atoms with Gasteiger partial charge in [0.05, 0.1) is 4.92 Å². The lowest BCUT2D eigenvalue weighted by Crippen LogP contribution is -2.47. The zero-order valence-electron chi connectivity index (χ0n) is 15.1. The van der Waals surface area contributed by atoms with Gasteiger partial charge in [-0.05, 0) is 36.6 Å². The summed E-state index contributed by atoms with van der Waals surface area (Å²) in [6.07, 6.45) is 2.38. The first-order chi connectivity index (χ1) is 12.9. The summed E-state index contributed by atoms with van der Waals surface area (Å²) in [5.74, 6) is -0.0671. The van der Waals surface area contributed by atoms with Gasteiger partial charge in [0.25, 0.3) is 11.6 Å². The lowest BCUT2D eigenvalue weighted by molar-refractivity contribution is -0.384. The summed E-state index contributed by atoms with van der Waals surface area (Å²) in [6, 6.07) is 13.9. The Kier molecular flexibility index (Phi) is 7.36. The number of carbonyl (C=O) groups excluding carboxylic acids is 2. The molecule has 0 aliphatic rings. The first-order valence-corrected chi connectivity index (χ1v) is 9.70. The van der Waals surface area contributed by atoms with Crippen LogP contribution in [0.1, 0.15) is 16.8 Å². The van der Waals surface area contributed by atoms with Crippen LogP contribution in [0.2, 0.25) is 0 Å². The van der Waals surface area contributed by atoms with Crippen molar-refractivity contribution in [2.45, 2.75) is 12.5 Å².